The number of hydrogen-bond acceptors (Lipinski definition) is 2. The molecule has 0 saturated heterocycles. The minimum Gasteiger partial charge on any atom is -0.481 e. The van der Waals surface area contributed by atoms with Crippen LogP contribution in [0.15, 0.2) is 24.3 Å². The Bertz CT molecular complexity index is 497. The van der Waals surface area contributed by atoms with Gasteiger partial charge < -0.3 is 10.0 Å². The predicted octanol–water partition coefficient (Wildman–Crippen LogP) is 2.92. The first kappa shape index (κ1) is 17.0. The van der Waals surface area contributed by atoms with Gasteiger partial charge in [0.2, 0.25) is 5.91 Å². The topological polar surface area (TPSA) is 57.6 Å². The second-order valence-corrected chi connectivity index (χ2v) is 4.69. The fourth-order valence-corrected chi connectivity index (χ4v) is 1.74. The van der Waals surface area contributed by atoms with E-state index in [0.29, 0.717) is 5.56 Å². The van der Waals surface area contributed by atoms with Crippen LogP contribution in [0.4, 0.5) is 13.2 Å². The SMILES string of the molecule is CN(Cc1ccc(C(F)(F)F)cc1)C(=O)CCCC(=O)O. The summed E-state index contributed by atoms with van der Waals surface area (Å²) in [6, 6.07) is 4.59. The minimum atomic E-state index is -4.38. The number of carbonyl (C=O) groups is 2. The van der Waals surface area contributed by atoms with Crippen molar-refractivity contribution in [2.75, 3.05) is 7.05 Å². The third kappa shape index (κ3) is 5.85. The average molecular weight is 303 g/mol. The second kappa shape index (κ2) is 7.10. The van der Waals surface area contributed by atoms with Crippen LogP contribution in [0.25, 0.3) is 0 Å². The zero-order valence-electron chi connectivity index (χ0n) is 11.5. The van der Waals surface area contributed by atoms with Gasteiger partial charge in [-0.3, -0.25) is 9.59 Å². The lowest BCUT2D eigenvalue weighted by atomic mass is 10.1. The smallest absolute Gasteiger partial charge is 0.416 e. The number of halogens is 3. The first-order valence-corrected chi connectivity index (χ1v) is 6.32. The molecule has 116 valence electrons. The van der Waals surface area contributed by atoms with E-state index in [1.165, 1.54) is 24.1 Å². The van der Waals surface area contributed by atoms with E-state index in [9.17, 15) is 22.8 Å². The fraction of sp³-hybridized carbons (Fsp3) is 0.429. The molecule has 0 aliphatic rings. The number of rotatable bonds is 6. The summed E-state index contributed by atoms with van der Waals surface area (Å²) in [7, 11) is 1.53. The third-order valence-electron chi connectivity index (χ3n) is 2.91. The van der Waals surface area contributed by atoms with Gasteiger partial charge in [0.05, 0.1) is 5.56 Å². The highest BCUT2D eigenvalue weighted by Crippen LogP contribution is 2.29. The Morgan fingerprint density at radius 2 is 1.71 bits per heavy atom. The van der Waals surface area contributed by atoms with E-state index in [-0.39, 0.29) is 31.7 Å². The average Bonchev–Trinajstić information content (AvgIpc) is 2.37. The number of carboxylic acid groups (broad SMARTS) is 1. The monoisotopic (exact) mass is 303 g/mol. The van der Waals surface area contributed by atoms with Crippen LogP contribution in [0.3, 0.4) is 0 Å². The van der Waals surface area contributed by atoms with Crippen molar-refractivity contribution in [1.29, 1.82) is 0 Å². The van der Waals surface area contributed by atoms with E-state index in [4.69, 9.17) is 5.11 Å². The van der Waals surface area contributed by atoms with E-state index in [1.54, 1.807) is 0 Å². The normalized spacial score (nSPS) is 11.2. The van der Waals surface area contributed by atoms with Crippen LogP contribution < -0.4 is 0 Å². The van der Waals surface area contributed by atoms with Crippen molar-refractivity contribution in [3.63, 3.8) is 0 Å². The summed E-state index contributed by atoms with van der Waals surface area (Å²) in [6.07, 6.45) is -4.12. The molecular weight excluding hydrogens is 287 g/mol. The molecule has 0 aliphatic carbocycles. The number of nitrogens with zero attached hydrogens (tertiary/aromatic N) is 1. The second-order valence-electron chi connectivity index (χ2n) is 4.69. The molecule has 1 aromatic carbocycles. The van der Waals surface area contributed by atoms with Crippen molar-refractivity contribution in [1.82, 2.24) is 4.90 Å². The Morgan fingerprint density at radius 1 is 1.14 bits per heavy atom. The highest BCUT2D eigenvalue weighted by Gasteiger charge is 2.29. The maximum absolute atomic E-state index is 12.4. The van der Waals surface area contributed by atoms with Crippen LogP contribution >= 0.6 is 0 Å². The zero-order valence-corrected chi connectivity index (χ0v) is 11.5. The number of aliphatic carboxylic acids is 1. The molecule has 0 bridgehead atoms. The van der Waals surface area contributed by atoms with E-state index >= 15 is 0 Å². The lowest BCUT2D eigenvalue weighted by molar-refractivity contribution is -0.138. The van der Waals surface area contributed by atoms with Gasteiger partial charge in [0.25, 0.3) is 0 Å². The third-order valence-corrected chi connectivity index (χ3v) is 2.91. The van der Waals surface area contributed by atoms with Gasteiger partial charge in [0.15, 0.2) is 0 Å². The Labute approximate surface area is 120 Å². The van der Waals surface area contributed by atoms with Gasteiger partial charge in [-0.1, -0.05) is 12.1 Å². The summed E-state index contributed by atoms with van der Waals surface area (Å²) in [5.41, 5.74) is -0.154. The highest BCUT2D eigenvalue weighted by atomic mass is 19.4. The molecule has 21 heavy (non-hydrogen) atoms. The van der Waals surface area contributed by atoms with Gasteiger partial charge in [-0.05, 0) is 24.1 Å². The van der Waals surface area contributed by atoms with Crippen LogP contribution in [0.2, 0.25) is 0 Å². The predicted molar refractivity (Wildman–Crippen MR) is 69.4 cm³/mol. The van der Waals surface area contributed by atoms with Crippen molar-refractivity contribution in [3.8, 4) is 0 Å². The first-order valence-electron chi connectivity index (χ1n) is 6.32. The Morgan fingerprint density at radius 3 is 2.19 bits per heavy atom. The number of amides is 1. The zero-order chi connectivity index (χ0) is 16.0. The van der Waals surface area contributed by atoms with Crippen LogP contribution in [0, 0.1) is 0 Å². The molecule has 1 rings (SSSR count). The molecule has 1 amide bonds. The largest absolute Gasteiger partial charge is 0.481 e. The van der Waals surface area contributed by atoms with Crippen molar-refractivity contribution in [2.45, 2.75) is 32.0 Å². The summed E-state index contributed by atoms with van der Waals surface area (Å²) < 4.78 is 37.2. The molecule has 0 saturated carbocycles. The molecule has 0 radical (unpaired) electrons. The van der Waals surface area contributed by atoms with Gasteiger partial charge in [-0.25, -0.2) is 0 Å². The maximum atomic E-state index is 12.4. The molecule has 0 unspecified atom stereocenters. The summed E-state index contributed by atoms with van der Waals surface area (Å²) in [5.74, 6) is -1.20. The molecule has 0 spiro atoms. The summed E-state index contributed by atoms with van der Waals surface area (Å²) in [6.45, 7) is 0.185. The number of alkyl halides is 3. The molecule has 4 nitrogen and oxygen atoms in total. The summed E-state index contributed by atoms with van der Waals surface area (Å²) >= 11 is 0. The summed E-state index contributed by atoms with van der Waals surface area (Å²) in [4.78, 5) is 23.4. The van der Waals surface area contributed by atoms with Crippen molar-refractivity contribution < 1.29 is 27.9 Å². The van der Waals surface area contributed by atoms with E-state index < -0.39 is 17.7 Å². The Balaban J connectivity index is 2.52. The molecular formula is C14H16F3NO3. The molecule has 0 atom stereocenters. The quantitative estimate of drug-likeness (QED) is 0.879. The van der Waals surface area contributed by atoms with Crippen molar-refractivity contribution >= 4 is 11.9 Å². The molecule has 0 aromatic heterocycles. The molecule has 1 N–H and O–H groups in total. The van der Waals surface area contributed by atoms with Crippen molar-refractivity contribution in [2.24, 2.45) is 0 Å². The molecule has 7 heteroatoms. The Kier molecular flexibility index (Phi) is 5.75. The number of hydrogen-bond donors (Lipinski definition) is 1. The fourth-order valence-electron chi connectivity index (χ4n) is 1.74. The number of carbonyl (C=O) groups excluding carboxylic acids is 1. The van der Waals surface area contributed by atoms with Gasteiger partial charge in [0, 0.05) is 26.4 Å². The van der Waals surface area contributed by atoms with Crippen LogP contribution in [0.5, 0.6) is 0 Å². The Hall–Kier alpha value is -2.05. The lowest BCUT2D eigenvalue weighted by Crippen LogP contribution is -2.26. The van der Waals surface area contributed by atoms with Crippen LogP contribution in [-0.2, 0) is 22.3 Å². The van der Waals surface area contributed by atoms with Crippen LogP contribution in [0.1, 0.15) is 30.4 Å². The van der Waals surface area contributed by atoms with E-state index in [2.05, 4.69) is 0 Å². The lowest BCUT2D eigenvalue weighted by Gasteiger charge is -2.17. The van der Waals surface area contributed by atoms with Crippen LogP contribution in [-0.4, -0.2) is 28.9 Å². The molecule has 0 heterocycles. The standard InChI is InChI=1S/C14H16F3NO3/c1-18(12(19)3-2-4-13(20)21)9-10-5-7-11(8-6-10)14(15,16)17/h5-8H,2-4,9H2,1H3,(H,20,21). The summed E-state index contributed by atoms with van der Waals surface area (Å²) in [5, 5.41) is 8.48. The van der Waals surface area contributed by atoms with Gasteiger partial charge in [-0.2, -0.15) is 13.2 Å². The number of carboxylic acids is 1. The van der Waals surface area contributed by atoms with E-state index in [0.717, 1.165) is 12.1 Å². The minimum absolute atomic E-state index is 0.0835. The molecule has 0 aliphatic heterocycles. The van der Waals surface area contributed by atoms with Gasteiger partial charge >= 0.3 is 12.1 Å². The number of benzene rings is 1. The molecule has 1 aromatic rings. The van der Waals surface area contributed by atoms with Gasteiger partial charge in [-0.15, -0.1) is 0 Å². The maximum Gasteiger partial charge on any atom is 0.416 e. The molecule has 0 fully saturated rings. The van der Waals surface area contributed by atoms with E-state index in [1.807, 2.05) is 0 Å². The highest BCUT2D eigenvalue weighted by molar-refractivity contribution is 5.76. The first-order chi connectivity index (χ1) is 9.70. The van der Waals surface area contributed by atoms with Gasteiger partial charge in [0.1, 0.15) is 0 Å². The van der Waals surface area contributed by atoms with Crippen molar-refractivity contribution in [3.05, 3.63) is 35.4 Å².